The summed E-state index contributed by atoms with van der Waals surface area (Å²) in [5.74, 6) is -0.920. The highest BCUT2D eigenvalue weighted by molar-refractivity contribution is 6.06. The Morgan fingerprint density at radius 3 is 2.85 bits per heavy atom. The number of carbonyl (C=O) groups is 3. The van der Waals surface area contributed by atoms with Crippen LogP contribution in [0.4, 0.5) is 5.69 Å². The van der Waals surface area contributed by atoms with Gasteiger partial charge in [-0.25, -0.2) is 0 Å². The minimum atomic E-state index is -0.572. The summed E-state index contributed by atoms with van der Waals surface area (Å²) in [4.78, 5) is 36.2. The number of primary amides is 1. The number of imide groups is 1. The number of nitrogens with zero attached hydrogens (tertiary/aromatic N) is 1. The van der Waals surface area contributed by atoms with Gasteiger partial charge >= 0.3 is 0 Å². The van der Waals surface area contributed by atoms with Crippen molar-refractivity contribution >= 4 is 23.4 Å². The fourth-order valence-corrected chi connectivity index (χ4v) is 2.22. The normalized spacial score (nSPS) is 18.4. The van der Waals surface area contributed by atoms with Gasteiger partial charge in [-0.3, -0.25) is 19.3 Å². The first-order valence-electron chi connectivity index (χ1n) is 6.53. The lowest BCUT2D eigenvalue weighted by atomic mass is 10.1. The molecule has 0 aliphatic carbocycles. The van der Waals surface area contributed by atoms with Crippen molar-refractivity contribution in [3.05, 3.63) is 29.8 Å². The molecule has 0 spiro atoms. The number of benzene rings is 1. The lowest BCUT2D eigenvalue weighted by Gasteiger charge is -2.15. The Kier molecular flexibility index (Phi) is 4.02. The number of hydrogen-bond donors (Lipinski definition) is 2. The van der Waals surface area contributed by atoms with Crippen molar-refractivity contribution in [3.63, 3.8) is 0 Å². The Morgan fingerprint density at radius 2 is 2.20 bits per heavy atom. The number of nitrogens with one attached hydrogen (secondary N) is 1. The van der Waals surface area contributed by atoms with Gasteiger partial charge in [-0.2, -0.15) is 0 Å². The summed E-state index contributed by atoms with van der Waals surface area (Å²) < 4.78 is 0. The summed E-state index contributed by atoms with van der Waals surface area (Å²) in [5, 5.41) is 2.98. The largest absolute Gasteiger partial charge is 0.373 e. The molecule has 6 heteroatoms. The summed E-state index contributed by atoms with van der Waals surface area (Å²) in [5.41, 5.74) is 6.17. The van der Waals surface area contributed by atoms with Gasteiger partial charge in [-0.05, 0) is 24.6 Å². The van der Waals surface area contributed by atoms with Gasteiger partial charge in [0.25, 0.3) is 5.91 Å². The second-order valence-electron chi connectivity index (χ2n) is 4.73. The molecule has 1 heterocycles. The maximum absolute atomic E-state index is 12.1. The van der Waals surface area contributed by atoms with Crippen LogP contribution in [-0.2, 0) is 9.59 Å². The van der Waals surface area contributed by atoms with Crippen molar-refractivity contribution in [3.8, 4) is 0 Å². The van der Waals surface area contributed by atoms with Crippen LogP contribution in [0.25, 0.3) is 0 Å². The molecule has 3 amide bonds. The zero-order chi connectivity index (χ0) is 14.7. The lowest BCUT2D eigenvalue weighted by Crippen LogP contribution is -2.35. The molecule has 0 aromatic heterocycles. The van der Waals surface area contributed by atoms with Crippen LogP contribution in [0.1, 0.15) is 30.1 Å². The van der Waals surface area contributed by atoms with Crippen LogP contribution in [-0.4, -0.2) is 35.2 Å². The minimum Gasteiger partial charge on any atom is -0.373 e. The molecule has 1 unspecified atom stereocenters. The van der Waals surface area contributed by atoms with Crippen molar-refractivity contribution in [1.29, 1.82) is 0 Å². The quantitative estimate of drug-likeness (QED) is 0.775. The van der Waals surface area contributed by atoms with Gasteiger partial charge in [-0.15, -0.1) is 0 Å². The van der Waals surface area contributed by atoms with Gasteiger partial charge in [0.2, 0.25) is 11.8 Å². The molecule has 0 bridgehead atoms. The van der Waals surface area contributed by atoms with E-state index >= 15 is 0 Å². The molecule has 1 aliphatic rings. The molecule has 1 aliphatic heterocycles. The van der Waals surface area contributed by atoms with Gasteiger partial charge in [0.1, 0.15) is 6.04 Å². The second-order valence-corrected chi connectivity index (χ2v) is 4.73. The van der Waals surface area contributed by atoms with Crippen molar-refractivity contribution in [2.24, 2.45) is 5.73 Å². The summed E-state index contributed by atoms with van der Waals surface area (Å²) in [6.45, 7) is 2.36. The van der Waals surface area contributed by atoms with E-state index in [4.69, 9.17) is 5.73 Å². The monoisotopic (exact) mass is 275 g/mol. The zero-order valence-corrected chi connectivity index (χ0v) is 11.3. The van der Waals surface area contributed by atoms with E-state index in [9.17, 15) is 14.4 Å². The smallest absolute Gasteiger partial charge is 0.252 e. The molecule has 0 saturated carbocycles. The molecule has 106 valence electrons. The van der Waals surface area contributed by atoms with Crippen molar-refractivity contribution < 1.29 is 14.4 Å². The topological polar surface area (TPSA) is 92.5 Å². The van der Waals surface area contributed by atoms with E-state index in [0.29, 0.717) is 17.8 Å². The van der Waals surface area contributed by atoms with Crippen molar-refractivity contribution in [2.45, 2.75) is 25.8 Å². The number of hydrogen-bond acceptors (Lipinski definition) is 4. The highest BCUT2D eigenvalue weighted by Gasteiger charge is 2.37. The Morgan fingerprint density at radius 1 is 1.45 bits per heavy atom. The fourth-order valence-electron chi connectivity index (χ4n) is 2.22. The number of carbonyl (C=O) groups excluding carboxylic acids is 3. The van der Waals surface area contributed by atoms with E-state index in [1.807, 2.05) is 6.92 Å². The number of likely N-dealkylation sites (tertiary alicyclic amines) is 1. The van der Waals surface area contributed by atoms with Crippen molar-refractivity contribution in [2.75, 3.05) is 11.9 Å². The van der Waals surface area contributed by atoms with Crippen molar-refractivity contribution in [1.82, 2.24) is 4.90 Å². The molecule has 20 heavy (non-hydrogen) atoms. The first-order chi connectivity index (χ1) is 9.52. The molecule has 1 aromatic carbocycles. The first-order valence-corrected chi connectivity index (χ1v) is 6.53. The van der Waals surface area contributed by atoms with Gasteiger partial charge in [0.15, 0.2) is 0 Å². The third kappa shape index (κ3) is 2.79. The average molecular weight is 275 g/mol. The third-order valence-corrected chi connectivity index (χ3v) is 3.18. The molecule has 1 atom stereocenters. The average Bonchev–Trinajstić information content (AvgIpc) is 2.67. The van der Waals surface area contributed by atoms with E-state index in [1.165, 1.54) is 4.90 Å². The summed E-state index contributed by atoms with van der Waals surface area (Å²) >= 11 is 0. The SMILES string of the molecule is CCCN1C(=O)CC(Nc2cccc(C(N)=O)c2)C1=O. The van der Waals surface area contributed by atoms with Gasteiger partial charge < -0.3 is 11.1 Å². The zero-order valence-electron chi connectivity index (χ0n) is 11.3. The summed E-state index contributed by atoms with van der Waals surface area (Å²) in [6.07, 6.45) is 0.876. The molecular weight excluding hydrogens is 258 g/mol. The Hall–Kier alpha value is -2.37. The van der Waals surface area contributed by atoms with E-state index < -0.39 is 11.9 Å². The van der Waals surface area contributed by atoms with Crippen LogP contribution in [0, 0.1) is 0 Å². The van der Waals surface area contributed by atoms with E-state index in [0.717, 1.165) is 6.42 Å². The highest BCUT2D eigenvalue weighted by Crippen LogP contribution is 2.19. The predicted molar refractivity (Wildman–Crippen MR) is 74.0 cm³/mol. The van der Waals surface area contributed by atoms with Crippen LogP contribution in [0.3, 0.4) is 0 Å². The molecule has 1 fully saturated rings. The van der Waals surface area contributed by atoms with Gasteiger partial charge in [0, 0.05) is 17.8 Å². The molecule has 0 radical (unpaired) electrons. The Bertz CT molecular complexity index is 556. The number of rotatable bonds is 5. The maximum atomic E-state index is 12.1. The standard InChI is InChI=1S/C14H17N3O3/c1-2-6-17-12(18)8-11(14(17)20)16-10-5-3-4-9(7-10)13(15)19/h3-5,7,11,16H,2,6,8H2,1H3,(H2,15,19). The highest BCUT2D eigenvalue weighted by atomic mass is 16.2. The molecule has 3 N–H and O–H groups in total. The Balaban J connectivity index is 2.11. The van der Waals surface area contributed by atoms with Crippen LogP contribution >= 0.6 is 0 Å². The van der Waals surface area contributed by atoms with Crippen LogP contribution in [0.2, 0.25) is 0 Å². The maximum Gasteiger partial charge on any atom is 0.252 e. The predicted octanol–water partition coefficient (Wildman–Crippen LogP) is 0.735. The number of amides is 3. The molecule has 2 rings (SSSR count). The Labute approximate surface area is 116 Å². The van der Waals surface area contributed by atoms with Crippen LogP contribution in [0.5, 0.6) is 0 Å². The summed E-state index contributed by atoms with van der Waals surface area (Å²) in [6, 6.07) is 6.00. The van der Waals surface area contributed by atoms with E-state index in [1.54, 1.807) is 24.3 Å². The molecular formula is C14H17N3O3. The summed E-state index contributed by atoms with van der Waals surface area (Å²) in [7, 11) is 0. The number of anilines is 1. The first kappa shape index (κ1) is 14.0. The lowest BCUT2D eigenvalue weighted by molar-refractivity contribution is -0.138. The fraction of sp³-hybridized carbons (Fsp3) is 0.357. The van der Waals surface area contributed by atoms with E-state index in [-0.39, 0.29) is 18.2 Å². The van der Waals surface area contributed by atoms with E-state index in [2.05, 4.69) is 5.32 Å². The molecule has 1 saturated heterocycles. The number of nitrogens with two attached hydrogens (primary N) is 1. The van der Waals surface area contributed by atoms with Crippen LogP contribution < -0.4 is 11.1 Å². The third-order valence-electron chi connectivity index (χ3n) is 3.18. The van der Waals surface area contributed by atoms with Gasteiger partial charge in [0.05, 0.1) is 6.42 Å². The van der Waals surface area contributed by atoms with Crippen LogP contribution in [0.15, 0.2) is 24.3 Å². The minimum absolute atomic E-state index is 0.139. The van der Waals surface area contributed by atoms with Gasteiger partial charge in [-0.1, -0.05) is 13.0 Å². The molecule has 1 aromatic rings. The second kappa shape index (κ2) is 5.73. The molecule has 6 nitrogen and oxygen atoms in total.